The van der Waals surface area contributed by atoms with Gasteiger partial charge >= 0.3 is 0 Å². The zero-order valence-electron chi connectivity index (χ0n) is 11.6. The highest BCUT2D eigenvalue weighted by Crippen LogP contribution is 2.16. The fraction of sp³-hybridized carbons (Fsp3) is 0.286. The van der Waals surface area contributed by atoms with E-state index >= 15 is 0 Å². The summed E-state index contributed by atoms with van der Waals surface area (Å²) < 4.78 is 5.58. The number of nitrogens with two attached hydrogens (primary N) is 1. The third kappa shape index (κ3) is 3.43. The van der Waals surface area contributed by atoms with Crippen LogP contribution in [-0.4, -0.2) is 22.8 Å². The fourth-order valence-corrected chi connectivity index (χ4v) is 2.05. The Morgan fingerprint density at radius 2 is 2.10 bits per heavy atom. The molecule has 106 valence electrons. The van der Waals surface area contributed by atoms with Gasteiger partial charge in [0.25, 0.3) is 5.91 Å². The Balaban J connectivity index is 2.01. The SMILES string of the molecule is Cc1oc(CN(C)Cc2ccncc2)cc1C(=O)NN. The molecule has 2 heterocycles. The second kappa shape index (κ2) is 6.31. The molecule has 3 N–H and O–H groups in total. The van der Waals surface area contributed by atoms with Crippen LogP contribution in [0.3, 0.4) is 0 Å². The number of pyridine rings is 1. The third-order valence-corrected chi connectivity index (χ3v) is 2.97. The summed E-state index contributed by atoms with van der Waals surface area (Å²) in [4.78, 5) is 17.6. The molecule has 6 heteroatoms. The summed E-state index contributed by atoms with van der Waals surface area (Å²) in [5.74, 6) is 6.09. The van der Waals surface area contributed by atoms with Crippen LogP contribution >= 0.6 is 0 Å². The zero-order chi connectivity index (χ0) is 14.5. The summed E-state index contributed by atoms with van der Waals surface area (Å²) in [6.07, 6.45) is 3.54. The number of aryl methyl sites for hydroxylation is 1. The maximum atomic E-state index is 11.5. The van der Waals surface area contributed by atoms with Crippen molar-refractivity contribution in [3.63, 3.8) is 0 Å². The number of rotatable bonds is 5. The Morgan fingerprint density at radius 1 is 1.40 bits per heavy atom. The first-order valence-electron chi connectivity index (χ1n) is 6.28. The summed E-state index contributed by atoms with van der Waals surface area (Å²) in [5.41, 5.74) is 3.75. The number of aromatic nitrogens is 1. The maximum absolute atomic E-state index is 11.5. The van der Waals surface area contributed by atoms with Crippen molar-refractivity contribution in [3.05, 3.63) is 53.2 Å². The standard InChI is InChI=1S/C14H18N4O2/c1-10-13(14(19)17-15)7-12(20-10)9-18(2)8-11-3-5-16-6-4-11/h3-7H,8-9,15H2,1-2H3,(H,17,19). The molecule has 0 aliphatic heterocycles. The Kier molecular flexibility index (Phi) is 4.49. The molecule has 2 aromatic heterocycles. The van der Waals surface area contributed by atoms with Gasteiger partial charge in [0, 0.05) is 18.9 Å². The summed E-state index contributed by atoms with van der Waals surface area (Å²) in [5, 5.41) is 0. The van der Waals surface area contributed by atoms with E-state index in [-0.39, 0.29) is 5.91 Å². The van der Waals surface area contributed by atoms with Crippen LogP contribution in [0.4, 0.5) is 0 Å². The van der Waals surface area contributed by atoms with Gasteiger partial charge in [-0.3, -0.25) is 20.1 Å². The molecule has 1 amide bonds. The van der Waals surface area contributed by atoms with Gasteiger partial charge in [-0.05, 0) is 37.7 Å². The number of hydrazine groups is 1. The normalized spacial score (nSPS) is 10.8. The number of nitrogens with zero attached hydrogens (tertiary/aromatic N) is 2. The summed E-state index contributed by atoms with van der Waals surface area (Å²) >= 11 is 0. The van der Waals surface area contributed by atoms with Gasteiger partial charge in [0.15, 0.2) is 0 Å². The third-order valence-electron chi connectivity index (χ3n) is 2.97. The quantitative estimate of drug-likeness (QED) is 0.486. The van der Waals surface area contributed by atoms with Gasteiger partial charge in [0.1, 0.15) is 11.5 Å². The van der Waals surface area contributed by atoms with E-state index in [4.69, 9.17) is 10.3 Å². The molecular formula is C14H18N4O2. The molecule has 20 heavy (non-hydrogen) atoms. The van der Waals surface area contributed by atoms with E-state index in [2.05, 4.69) is 15.3 Å². The molecule has 0 aliphatic carbocycles. The smallest absolute Gasteiger partial charge is 0.268 e. The van der Waals surface area contributed by atoms with Gasteiger partial charge < -0.3 is 4.42 Å². The van der Waals surface area contributed by atoms with Crippen LogP contribution in [0.1, 0.15) is 27.4 Å². The van der Waals surface area contributed by atoms with Crippen LogP contribution in [0.5, 0.6) is 0 Å². The van der Waals surface area contributed by atoms with Crippen molar-refractivity contribution in [1.82, 2.24) is 15.3 Å². The molecule has 0 radical (unpaired) electrons. The molecule has 0 saturated heterocycles. The topological polar surface area (TPSA) is 84.4 Å². The lowest BCUT2D eigenvalue weighted by Gasteiger charge is -2.14. The monoisotopic (exact) mass is 274 g/mol. The average molecular weight is 274 g/mol. The summed E-state index contributed by atoms with van der Waals surface area (Å²) in [6.45, 7) is 3.14. The molecule has 0 atom stereocenters. The fourth-order valence-electron chi connectivity index (χ4n) is 2.05. The van der Waals surface area contributed by atoms with E-state index in [0.717, 1.165) is 12.3 Å². The minimum absolute atomic E-state index is 0.339. The first kappa shape index (κ1) is 14.2. The molecule has 2 rings (SSSR count). The number of nitrogens with one attached hydrogen (secondary N) is 1. The summed E-state index contributed by atoms with van der Waals surface area (Å²) in [7, 11) is 1.99. The van der Waals surface area contributed by atoms with Crippen LogP contribution in [0.25, 0.3) is 0 Å². The second-order valence-corrected chi connectivity index (χ2v) is 4.68. The van der Waals surface area contributed by atoms with E-state index in [1.807, 2.05) is 19.2 Å². The minimum atomic E-state index is -0.339. The van der Waals surface area contributed by atoms with E-state index in [0.29, 0.717) is 17.9 Å². The van der Waals surface area contributed by atoms with Crippen LogP contribution in [0.15, 0.2) is 35.0 Å². The number of hydrogen-bond acceptors (Lipinski definition) is 5. The minimum Gasteiger partial charge on any atom is -0.464 e. The van der Waals surface area contributed by atoms with E-state index < -0.39 is 0 Å². The average Bonchev–Trinajstić information content (AvgIpc) is 2.79. The van der Waals surface area contributed by atoms with Crippen LogP contribution in [0, 0.1) is 6.92 Å². The molecule has 0 unspecified atom stereocenters. The van der Waals surface area contributed by atoms with Crippen LogP contribution in [-0.2, 0) is 13.1 Å². The molecule has 0 aliphatic rings. The van der Waals surface area contributed by atoms with E-state index in [1.54, 1.807) is 25.4 Å². The zero-order valence-corrected chi connectivity index (χ0v) is 11.6. The van der Waals surface area contributed by atoms with E-state index in [9.17, 15) is 4.79 Å². The molecule has 0 saturated carbocycles. The van der Waals surface area contributed by atoms with Crippen molar-refractivity contribution in [3.8, 4) is 0 Å². The molecule has 0 fully saturated rings. The largest absolute Gasteiger partial charge is 0.464 e. The van der Waals surface area contributed by atoms with Gasteiger partial charge in [0.05, 0.1) is 12.1 Å². The highest BCUT2D eigenvalue weighted by atomic mass is 16.3. The number of hydrogen-bond donors (Lipinski definition) is 2. The molecular weight excluding hydrogens is 256 g/mol. The van der Waals surface area contributed by atoms with Crippen molar-refractivity contribution in [2.24, 2.45) is 5.84 Å². The lowest BCUT2D eigenvalue weighted by molar-refractivity contribution is 0.0952. The first-order valence-corrected chi connectivity index (χ1v) is 6.28. The number of carbonyl (C=O) groups is 1. The van der Waals surface area contributed by atoms with Gasteiger partial charge in [-0.25, -0.2) is 5.84 Å². The van der Waals surface area contributed by atoms with Gasteiger partial charge in [0.2, 0.25) is 0 Å². The van der Waals surface area contributed by atoms with E-state index in [1.165, 1.54) is 5.56 Å². The van der Waals surface area contributed by atoms with Crippen molar-refractivity contribution < 1.29 is 9.21 Å². The Bertz CT molecular complexity index is 580. The van der Waals surface area contributed by atoms with Crippen LogP contribution in [0.2, 0.25) is 0 Å². The lowest BCUT2D eigenvalue weighted by atomic mass is 10.2. The van der Waals surface area contributed by atoms with Crippen LogP contribution < -0.4 is 11.3 Å². The van der Waals surface area contributed by atoms with Gasteiger partial charge in [-0.1, -0.05) is 0 Å². The predicted octanol–water partition coefficient (Wildman–Crippen LogP) is 1.22. The van der Waals surface area contributed by atoms with Crippen molar-refractivity contribution in [2.75, 3.05) is 7.05 Å². The second-order valence-electron chi connectivity index (χ2n) is 4.68. The Morgan fingerprint density at radius 3 is 2.75 bits per heavy atom. The van der Waals surface area contributed by atoms with Gasteiger partial charge in [-0.2, -0.15) is 0 Å². The molecule has 0 bridgehead atoms. The Labute approximate surface area is 117 Å². The number of amides is 1. The summed E-state index contributed by atoms with van der Waals surface area (Å²) in [6, 6.07) is 5.66. The van der Waals surface area contributed by atoms with Crippen molar-refractivity contribution in [2.45, 2.75) is 20.0 Å². The maximum Gasteiger partial charge on any atom is 0.268 e. The van der Waals surface area contributed by atoms with Crippen molar-refractivity contribution >= 4 is 5.91 Å². The number of furan rings is 1. The Hall–Kier alpha value is -2.18. The molecule has 2 aromatic rings. The highest BCUT2D eigenvalue weighted by Gasteiger charge is 2.14. The molecule has 0 spiro atoms. The number of nitrogen functional groups attached to an aromatic ring is 1. The molecule has 0 aromatic carbocycles. The van der Waals surface area contributed by atoms with Crippen molar-refractivity contribution in [1.29, 1.82) is 0 Å². The number of carbonyl (C=O) groups excluding carboxylic acids is 1. The highest BCUT2D eigenvalue weighted by molar-refractivity contribution is 5.94. The predicted molar refractivity (Wildman–Crippen MR) is 74.5 cm³/mol. The van der Waals surface area contributed by atoms with Gasteiger partial charge in [-0.15, -0.1) is 0 Å². The molecule has 6 nitrogen and oxygen atoms in total. The lowest BCUT2D eigenvalue weighted by Crippen LogP contribution is -2.30. The first-order chi connectivity index (χ1) is 9.60.